The lowest BCUT2D eigenvalue weighted by atomic mass is 10.2. The van der Waals surface area contributed by atoms with Gasteiger partial charge in [-0.05, 0) is 41.5 Å². The molecule has 0 aliphatic rings. The Balaban J connectivity index is 2.30. The zero-order valence-electron chi connectivity index (χ0n) is 10.0. The van der Waals surface area contributed by atoms with Gasteiger partial charge in [0.05, 0.1) is 5.10 Å². The molecule has 3 aromatic rings. The number of aryl methyl sites for hydroxylation is 1. The Hall–Kier alpha value is -2.27. The minimum absolute atomic E-state index is 0.00546. The number of halogens is 1. The molecule has 3 rings (SSSR count). The summed E-state index contributed by atoms with van der Waals surface area (Å²) in [6, 6.07) is 9.81. The maximum atomic E-state index is 12.2. The number of fused-ring (bicyclic) bond motifs is 1. The molecule has 96 valence electrons. The second-order valence-corrected chi connectivity index (χ2v) is 4.72. The van der Waals surface area contributed by atoms with Crippen molar-refractivity contribution in [1.29, 1.82) is 0 Å². The summed E-state index contributed by atoms with van der Waals surface area (Å²) in [4.78, 5) is 1.74. The molecule has 6 heteroatoms. The minimum Gasteiger partial charge on any atom is -0.692 e. The van der Waals surface area contributed by atoms with Crippen LogP contribution in [0.25, 0.3) is 16.7 Å². The van der Waals surface area contributed by atoms with Gasteiger partial charge in [-0.2, -0.15) is 0 Å². The summed E-state index contributed by atoms with van der Waals surface area (Å²) in [5.74, 6) is -0.00546. The normalized spacial score (nSPS) is 11.1. The third kappa shape index (κ3) is 1.88. The van der Waals surface area contributed by atoms with E-state index in [0.29, 0.717) is 26.6 Å². The number of rotatable bonds is 1. The fraction of sp³-hybridized carbons (Fsp3) is 0.0769. The van der Waals surface area contributed by atoms with Gasteiger partial charge in [-0.15, -0.1) is 4.85 Å². The molecule has 0 radical (unpaired) electrons. The molecule has 0 spiro atoms. The summed E-state index contributed by atoms with van der Waals surface area (Å²) in [5, 5.41) is 26.7. The van der Waals surface area contributed by atoms with Gasteiger partial charge in [0.15, 0.2) is 5.69 Å². The fourth-order valence-electron chi connectivity index (χ4n) is 1.93. The first-order valence-electron chi connectivity index (χ1n) is 5.64. The Labute approximate surface area is 113 Å². The van der Waals surface area contributed by atoms with Crippen molar-refractivity contribution in [3.05, 3.63) is 52.2 Å². The zero-order chi connectivity index (χ0) is 13.6. The SMILES string of the molecule is Cc1ccc(O)c(-n2nc3cc(Cl)ccc3[n+]2[O-])c1. The molecule has 0 aliphatic carbocycles. The van der Waals surface area contributed by atoms with E-state index >= 15 is 0 Å². The molecular formula is C13H10ClN3O2. The Bertz CT molecular complexity index is 783. The number of hydrogen-bond donors (Lipinski definition) is 1. The van der Waals surface area contributed by atoms with E-state index in [2.05, 4.69) is 5.10 Å². The van der Waals surface area contributed by atoms with E-state index in [1.54, 1.807) is 30.3 Å². The van der Waals surface area contributed by atoms with Crippen molar-refractivity contribution < 1.29 is 9.95 Å². The van der Waals surface area contributed by atoms with E-state index in [1.165, 1.54) is 6.07 Å². The molecule has 0 saturated heterocycles. The van der Waals surface area contributed by atoms with E-state index < -0.39 is 0 Å². The van der Waals surface area contributed by atoms with Crippen molar-refractivity contribution in [1.82, 2.24) is 9.90 Å². The van der Waals surface area contributed by atoms with Crippen molar-refractivity contribution in [3.8, 4) is 11.4 Å². The summed E-state index contributed by atoms with van der Waals surface area (Å²) < 4.78 is 0. The predicted molar refractivity (Wildman–Crippen MR) is 71.4 cm³/mol. The molecule has 1 heterocycles. The molecule has 0 atom stereocenters. The maximum absolute atomic E-state index is 12.2. The minimum atomic E-state index is -0.00546. The average Bonchev–Trinajstić information content (AvgIpc) is 2.69. The summed E-state index contributed by atoms with van der Waals surface area (Å²) in [5.41, 5.74) is 2.13. The highest BCUT2D eigenvalue weighted by atomic mass is 35.5. The Morgan fingerprint density at radius 2 is 2.05 bits per heavy atom. The van der Waals surface area contributed by atoms with Crippen LogP contribution < -0.4 is 4.85 Å². The second-order valence-electron chi connectivity index (χ2n) is 4.29. The molecular weight excluding hydrogens is 266 g/mol. The van der Waals surface area contributed by atoms with E-state index in [-0.39, 0.29) is 5.75 Å². The number of aromatic hydroxyl groups is 1. The molecule has 0 fully saturated rings. The van der Waals surface area contributed by atoms with Gasteiger partial charge in [-0.25, -0.2) is 0 Å². The van der Waals surface area contributed by atoms with E-state index in [1.807, 2.05) is 6.92 Å². The first-order chi connectivity index (χ1) is 9.06. The number of nitrogens with zero attached hydrogens (tertiary/aromatic N) is 3. The quantitative estimate of drug-likeness (QED) is 0.547. The molecule has 19 heavy (non-hydrogen) atoms. The standard InChI is InChI=1S/C13H10ClN3O2/c1-8-2-5-13(18)12(6-8)16-15-10-7-9(14)3-4-11(10)17(16)19/h2-7,18H,1H3. The van der Waals surface area contributed by atoms with Crippen LogP contribution in [0.4, 0.5) is 0 Å². The predicted octanol–water partition coefficient (Wildman–Crippen LogP) is 2.33. The van der Waals surface area contributed by atoms with Gasteiger partial charge >= 0.3 is 0 Å². The average molecular weight is 276 g/mol. The van der Waals surface area contributed by atoms with Crippen LogP contribution in [-0.2, 0) is 0 Å². The summed E-state index contributed by atoms with van der Waals surface area (Å²) in [6.45, 7) is 1.87. The number of phenols is 1. The molecule has 1 N–H and O–H groups in total. The number of aromatic nitrogens is 3. The molecule has 0 bridgehead atoms. The Kier molecular flexibility index (Phi) is 2.57. The third-order valence-electron chi connectivity index (χ3n) is 2.86. The van der Waals surface area contributed by atoms with Crippen LogP contribution in [0, 0.1) is 12.1 Å². The van der Waals surface area contributed by atoms with E-state index in [4.69, 9.17) is 11.6 Å². The van der Waals surface area contributed by atoms with Gasteiger partial charge in [-0.3, -0.25) is 0 Å². The highest BCUT2D eigenvalue weighted by Gasteiger charge is 2.18. The molecule has 0 unspecified atom stereocenters. The van der Waals surface area contributed by atoms with Crippen LogP contribution in [-0.4, -0.2) is 15.0 Å². The van der Waals surface area contributed by atoms with Crippen molar-refractivity contribution in [2.75, 3.05) is 0 Å². The van der Waals surface area contributed by atoms with Gasteiger partial charge in [0.2, 0.25) is 5.52 Å². The van der Waals surface area contributed by atoms with Crippen molar-refractivity contribution in [2.45, 2.75) is 6.92 Å². The lowest BCUT2D eigenvalue weighted by Crippen LogP contribution is -2.37. The van der Waals surface area contributed by atoms with Gasteiger partial charge in [-0.1, -0.05) is 17.7 Å². The highest BCUT2D eigenvalue weighted by Crippen LogP contribution is 2.22. The van der Waals surface area contributed by atoms with Crippen molar-refractivity contribution in [3.63, 3.8) is 0 Å². The van der Waals surface area contributed by atoms with Crippen LogP contribution in [0.1, 0.15) is 5.56 Å². The lowest BCUT2D eigenvalue weighted by Gasteiger charge is -2.06. The number of benzene rings is 2. The van der Waals surface area contributed by atoms with Crippen LogP contribution in [0.2, 0.25) is 5.02 Å². The zero-order valence-corrected chi connectivity index (χ0v) is 10.8. The molecule has 1 aromatic heterocycles. The third-order valence-corrected chi connectivity index (χ3v) is 3.10. The Morgan fingerprint density at radius 1 is 1.26 bits per heavy atom. The molecule has 5 nitrogen and oxygen atoms in total. The van der Waals surface area contributed by atoms with Gasteiger partial charge in [0.1, 0.15) is 5.75 Å². The van der Waals surface area contributed by atoms with E-state index in [0.717, 1.165) is 10.4 Å². The van der Waals surface area contributed by atoms with E-state index in [9.17, 15) is 10.3 Å². The summed E-state index contributed by atoms with van der Waals surface area (Å²) >= 11 is 5.87. The Morgan fingerprint density at radius 3 is 2.84 bits per heavy atom. The number of hydrogen-bond acceptors (Lipinski definition) is 3. The van der Waals surface area contributed by atoms with Crippen LogP contribution in [0.15, 0.2) is 36.4 Å². The molecule has 2 aromatic carbocycles. The smallest absolute Gasteiger partial charge is 0.251 e. The number of phenolic OH excluding ortho intramolecular Hbond substituents is 1. The monoisotopic (exact) mass is 275 g/mol. The largest absolute Gasteiger partial charge is 0.692 e. The maximum Gasteiger partial charge on any atom is 0.251 e. The van der Waals surface area contributed by atoms with Gasteiger partial charge < -0.3 is 10.3 Å². The molecule has 0 aliphatic heterocycles. The lowest BCUT2D eigenvalue weighted by molar-refractivity contribution is -0.664. The first kappa shape index (κ1) is 11.8. The van der Waals surface area contributed by atoms with Crippen molar-refractivity contribution in [2.24, 2.45) is 0 Å². The first-order valence-corrected chi connectivity index (χ1v) is 6.02. The summed E-state index contributed by atoms with van der Waals surface area (Å²) in [6.07, 6.45) is 0. The highest BCUT2D eigenvalue weighted by molar-refractivity contribution is 6.31. The fourth-order valence-corrected chi connectivity index (χ4v) is 2.09. The van der Waals surface area contributed by atoms with Gasteiger partial charge in [0.25, 0.3) is 5.52 Å². The molecule has 0 saturated carbocycles. The van der Waals surface area contributed by atoms with Crippen LogP contribution in [0.3, 0.4) is 0 Å². The second kappa shape index (κ2) is 4.13. The van der Waals surface area contributed by atoms with Gasteiger partial charge in [0, 0.05) is 11.1 Å². The summed E-state index contributed by atoms with van der Waals surface area (Å²) in [7, 11) is 0. The van der Waals surface area contributed by atoms with Crippen molar-refractivity contribution >= 4 is 22.6 Å². The van der Waals surface area contributed by atoms with Crippen LogP contribution >= 0.6 is 11.6 Å². The van der Waals surface area contributed by atoms with Crippen LogP contribution in [0.5, 0.6) is 5.75 Å². The topological polar surface area (TPSA) is 65.0 Å². The molecule has 0 amide bonds.